The van der Waals surface area contributed by atoms with Gasteiger partial charge in [0.25, 0.3) is 5.91 Å². The minimum Gasteiger partial charge on any atom is -0.503 e. The lowest BCUT2D eigenvalue weighted by molar-refractivity contribution is -0.139. The fourth-order valence-corrected chi connectivity index (χ4v) is 3.73. The molecule has 0 aliphatic rings. The van der Waals surface area contributed by atoms with E-state index in [9.17, 15) is 28.6 Å². The number of carbonyl (C=O) groups is 2. The summed E-state index contributed by atoms with van der Waals surface area (Å²) < 4.78 is 30.1. The summed E-state index contributed by atoms with van der Waals surface area (Å²) in [6, 6.07) is 6.76. The standard InChI is InChI=1S/C21H18ClF2NO4/c1-3-4-13(21(28)29)16-10(2)25(20(27)11-5-7-12(22)8-6-11)15-9-14(23)19(26)18(24)17(15)16/h5-9,13,26H,3-4H2,1-2H3,(H,28,29)/t13-/m0/s1. The Morgan fingerprint density at radius 3 is 2.38 bits per heavy atom. The Labute approximate surface area is 170 Å². The van der Waals surface area contributed by atoms with E-state index in [0.29, 0.717) is 11.4 Å². The number of phenols is 1. The lowest BCUT2D eigenvalue weighted by atomic mass is 9.92. The van der Waals surface area contributed by atoms with E-state index < -0.39 is 35.2 Å². The topological polar surface area (TPSA) is 79.5 Å². The molecule has 1 heterocycles. The van der Waals surface area contributed by atoms with Crippen LogP contribution < -0.4 is 0 Å². The molecular weight excluding hydrogens is 404 g/mol. The number of carbonyl (C=O) groups excluding carboxylic acids is 1. The minimum absolute atomic E-state index is 0.0458. The van der Waals surface area contributed by atoms with E-state index in [1.54, 1.807) is 6.92 Å². The molecule has 0 aliphatic heterocycles. The first kappa shape index (κ1) is 20.8. The van der Waals surface area contributed by atoms with Gasteiger partial charge in [0.1, 0.15) is 0 Å². The van der Waals surface area contributed by atoms with Crippen molar-refractivity contribution >= 4 is 34.4 Å². The van der Waals surface area contributed by atoms with Crippen molar-refractivity contribution < 1.29 is 28.6 Å². The predicted octanol–water partition coefficient (Wildman–Crippen LogP) is 5.24. The molecule has 3 aromatic rings. The van der Waals surface area contributed by atoms with Gasteiger partial charge in [-0.05, 0) is 43.2 Å². The Bertz CT molecular complexity index is 1120. The van der Waals surface area contributed by atoms with Crippen LogP contribution in [0.3, 0.4) is 0 Å². The van der Waals surface area contributed by atoms with E-state index in [4.69, 9.17) is 11.6 Å². The zero-order valence-electron chi connectivity index (χ0n) is 15.7. The molecule has 0 fully saturated rings. The van der Waals surface area contributed by atoms with E-state index >= 15 is 0 Å². The number of aliphatic carboxylic acids is 1. The Balaban J connectivity index is 2.39. The summed E-state index contributed by atoms with van der Waals surface area (Å²) in [6.07, 6.45) is 0.672. The maximum Gasteiger partial charge on any atom is 0.311 e. The molecule has 0 bridgehead atoms. The molecule has 0 spiro atoms. The lowest BCUT2D eigenvalue weighted by Gasteiger charge is -2.13. The highest BCUT2D eigenvalue weighted by Gasteiger charge is 2.32. The third-order valence-electron chi connectivity index (χ3n) is 4.93. The molecule has 0 radical (unpaired) electrons. The molecule has 1 atom stereocenters. The van der Waals surface area contributed by atoms with Crippen LogP contribution in [0.1, 0.15) is 47.3 Å². The van der Waals surface area contributed by atoms with E-state index in [-0.39, 0.29) is 34.1 Å². The average molecular weight is 422 g/mol. The number of carboxylic acids is 1. The third kappa shape index (κ3) is 3.46. The van der Waals surface area contributed by atoms with E-state index in [1.165, 1.54) is 31.2 Å². The summed E-state index contributed by atoms with van der Waals surface area (Å²) in [5, 5.41) is 19.6. The number of aromatic nitrogens is 1. The first-order valence-electron chi connectivity index (χ1n) is 8.93. The van der Waals surface area contributed by atoms with Gasteiger partial charge < -0.3 is 10.2 Å². The van der Waals surface area contributed by atoms with Crippen LogP contribution in [-0.2, 0) is 4.79 Å². The van der Waals surface area contributed by atoms with Gasteiger partial charge >= 0.3 is 5.97 Å². The lowest BCUT2D eigenvalue weighted by Crippen LogP contribution is -2.16. The minimum atomic E-state index is -1.29. The number of phenolic OH excluding ortho intramolecular Hbond substituents is 1. The van der Waals surface area contributed by atoms with E-state index in [2.05, 4.69) is 0 Å². The normalized spacial score (nSPS) is 12.3. The van der Waals surface area contributed by atoms with Gasteiger partial charge in [0.15, 0.2) is 17.4 Å². The summed E-state index contributed by atoms with van der Waals surface area (Å²) in [6.45, 7) is 3.25. The number of fused-ring (bicyclic) bond motifs is 1. The summed E-state index contributed by atoms with van der Waals surface area (Å²) in [4.78, 5) is 25.0. The summed E-state index contributed by atoms with van der Waals surface area (Å²) in [7, 11) is 0. The number of hydrogen-bond acceptors (Lipinski definition) is 3. The van der Waals surface area contributed by atoms with Crippen LogP contribution in [0.25, 0.3) is 10.9 Å². The second-order valence-electron chi connectivity index (χ2n) is 6.74. The van der Waals surface area contributed by atoms with Crippen LogP contribution in [0.2, 0.25) is 5.02 Å². The highest BCUT2D eigenvalue weighted by Crippen LogP contribution is 2.40. The molecular formula is C21H18ClF2NO4. The average Bonchev–Trinajstić information content (AvgIpc) is 2.95. The van der Waals surface area contributed by atoms with E-state index in [1.807, 2.05) is 0 Å². The van der Waals surface area contributed by atoms with Crippen molar-refractivity contribution in [3.8, 4) is 5.75 Å². The number of rotatable bonds is 5. The smallest absolute Gasteiger partial charge is 0.311 e. The first-order chi connectivity index (χ1) is 13.7. The SMILES string of the molecule is CCC[C@H](C(=O)O)c1c(C)n(C(=O)c2ccc(Cl)cc2)c2cc(F)c(O)c(F)c12. The highest BCUT2D eigenvalue weighted by molar-refractivity contribution is 6.30. The molecule has 152 valence electrons. The van der Waals surface area contributed by atoms with Crippen LogP contribution in [0.5, 0.6) is 5.75 Å². The first-order valence-corrected chi connectivity index (χ1v) is 9.31. The van der Waals surface area contributed by atoms with Gasteiger partial charge in [0.2, 0.25) is 0 Å². The molecule has 0 saturated carbocycles. The van der Waals surface area contributed by atoms with Crippen LogP contribution in [0, 0.1) is 18.6 Å². The third-order valence-corrected chi connectivity index (χ3v) is 5.18. The van der Waals surface area contributed by atoms with Gasteiger partial charge in [-0.1, -0.05) is 24.9 Å². The molecule has 2 aromatic carbocycles. The van der Waals surface area contributed by atoms with Crippen molar-refractivity contribution in [1.29, 1.82) is 0 Å². The van der Waals surface area contributed by atoms with Gasteiger partial charge in [0, 0.05) is 27.7 Å². The van der Waals surface area contributed by atoms with Gasteiger partial charge in [-0.25, -0.2) is 8.78 Å². The van der Waals surface area contributed by atoms with Crippen molar-refractivity contribution in [2.75, 3.05) is 0 Å². The van der Waals surface area contributed by atoms with Crippen LogP contribution in [-0.4, -0.2) is 26.7 Å². The monoisotopic (exact) mass is 421 g/mol. The molecule has 2 N–H and O–H groups in total. The Hall–Kier alpha value is -2.93. The van der Waals surface area contributed by atoms with Crippen molar-refractivity contribution in [1.82, 2.24) is 4.57 Å². The van der Waals surface area contributed by atoms with Crippen molar-refractivity contribution in [3.63, 3.8) is 0 Å². The van der Waals surface area contributed by atoms with Gasteiger partial charge in [0.05, 0.1) is 11.4 Å². The van der Waals surface area contributed by atoms with Crippen molar-refractivity contribution in [2.24, 2.45) is 0 Å². The quantitative estimate of drug-likeness (QED) is 0.590. The van der Waals surface area contributed by atoms with Crippen LogP contribution in [0.4, 0.5) is 8.78 Å². The highest BCUT2D eigenvalue weighted by atomic mass is 35.5. The molecule has 0 unspecified atom stereocenters. The fourth-order valence-electron chi connectivity index (χ4n) is 3.60. The van der Waals surface area contributed by atoms with Crippen LogP contribution >= 0.6 is 11.6 Å². The second-order valence-corrected chi connectivity index (χ2v) is 7.18. The maximum absolute atomic E-state index is 14.9. The predicted molar refractivity (Wildman–Crippen MR) is 105 cm³/mol. The van der Waals surface area contributed by atoms with Crippen LogP contribution in [0.15, 0.2) is 30.3 Å². The molecule has 0 aliphatic carbocycles. The zero-order chi connectivity index (χ0) is 21.5. The molecule has 8 heteroatoms. The summed E-state index contributed by atoms with van der Waals surface area (Å²) >= 11 is 5.85. The van der Waals surface area contributed by atoms with Gasteiger partial charge in [-0.15, -0.1) is 0 Å². The fraction of sp³-hybridized carbons (Fsp3) is 0.238. The largest absolute Gasteiger partial charge is 0.503 e. The van der Waals surface area contributed by atoms with E-state index in [0.717, 1.165) is 10.6 Å². The maximum atomic E-state index is 14.9. The molecule has 0 amide bonds. The molecule has 5 nitrogen and oxygen atoms in total. The second kappa shape index (κ2) is 7.83. The number of halogens is 3. The molecule has 3 rings (SSSR count). The number of benzene rings is 2. The Morgan fingerprint density at radius 2 is 1.83 bits per heavy atom. The Morgan fingerprint density at radius 1 is 1.21 bits per heavy atom. The zero-order valence-corrected chi connectivity index (χ0v) is 16.4. The number of aromatic hydroxyl groups is 1. The van der Waals surface area contributed by atoms with Crippen molar-refractivity contribution in [2.45, 2.75) is 32.6 Å². The number of hydrogen-bond donors (Lipinski definition) is 2. The number of carboxylic acid groups (broad SMARTS) is 1. The molecule has 1 aromatic heterocycles. The summed E-state index contributed by atoms with van der Waals surface area (Å²) in [5.74, 6) is -6.66. The van der Waals surface area contributed by atoms with Gasteiger partial charge in [-0.2, -0.15) is 0 Å². The molecule has 0 saturated heterocycles. The van der Waals surface area contributed by atoms with Crippen molar-refractivity contribution in [3.05, 3.63) is 63.8 Å². The van der Waals surface area contributed by atoms with Gasteiger partial charge in [-0.3, -0.25) is 14.2 Å². The summed E-state index contributed by atoms with van der Waals surface area (Å²) in [5.41, 5.74) is 0.277. The molecule has 29 heavy (non-hydrogen) atoms. The Kier molecular flexibility index (Phi) is 5.61. The number of nitrogens with zero attached hydrogens (tertiary/aromatic N) is 1.